The van der Waals surface area contributed by atoms with E-state index in [2.05, 4.69) is 15.3 Å². The van der Waals surface area contributed by atoms with Gasteiger partial charge in [-0.2, -0.15) is 18.3 Å². The minimum Gasteiger partial charge on any atom is -0.371 e. The fraction of sp³-hybridized carbons (Fsp3) is 0.292. The fourth-order valence-corrected chi connectivity index (χ4v) is 3.97. The van der Waals surface area contributed by atoms with E-state index in [0.29, 0.717) is 12.2 Å². The van der Waals surface area contributed by atoms with Crippen molar-refractivity contribution in [2.75, 3.05) is 24.5 Å². The van der Waals surface area contributed by atoms with E-state index in [9.17, 15) is 22.8 Å². The van der Waals surface area contributed by atoms with E-state index < -0.39 is 23.1 Å². The Kier molecular flexibility index (Phi) is 6.22. The maximum atomic E-state index is 13.1. The van der Waals surface area contributed by atoms with Gasteiger partial charge in [-0.05, 0) is 49.6 Å². The lowest BCUT2D eigenvalue weighted by Crippen LogP contribution is -2.35. The molecule has 2 heterocycles. The number of carbonyl (C=O) groups excluding carboxylic acids is 1. The zero-order valence-corrected chi connectivity index (χ0v) is 18.0. The Labute approximate surface area is 188 Å². The largest absolute Gasteiger partial charge is 0.416 e. The zero-order valence-electron chi connectivity index (χ0n) is 18.0. The first-order valence-electron chi connectivity index (χ1n) is 10.6. The van der Waals surface area contributed by atoms with Crippen LogP contribution in [-0.4, -0.2) is 35.3 Å². The van der Waals surface area contributed by atoms with Gasteiger partial charge < -0.3 is 10.2 Å². The molecule has 1 saturated heterocycles. The summed E-state index contributed by atoms with van der Waals surface area (Å²) in [6.07, 6.45) is -3.62. The molecule has 33 heavy (non-hydrogen) atoms. The van der Waals surface area contributed by atoms with Crippen molar-refractivity contribution in [1.82, 2.24) is 15.1 Å². The van der Waals surface area contributed by atoms with E-state index in [0.717, 1.165) is 37.3 Å². The summed E-state index contributed by atoms with van der Waals surface area (Å²) in [5.74, 6) is -0.427. The lowest BCUT2D eigenvalue weighted by molar-refractivity contribution is -0.137. The molecule has 1 N–H and O–H groups in total. The van der Waals surface area contributed by atoms with Crippen LogP contribution in [0.15, 0.2) is 65.5 Å². The Morgan fingerprint density at radius 2 is 1.82 bits per heavy atom. The molecule has 9 heteroatoms. The summed E-state index contributed by atoms with van der Waals surface area (Å²) in [6.45, 7) is 3.57. The lowest BCUT2D eigenvalue weighted by atomic mass is 10.1. The number of para-hydroxylation sites is 1. The van der Waals surface area contributed by atoms with Crippen LogP contribution in [0.4, 0.5) is 18.9 Å². The SMILES string of the molecule is Cc1cc(=O)c(C(=O)NCC2CCN(c3ccccc3)C2)nn1-c1cccc(C(F)(F)F)c1. The Hall–Kier alpha value is -3.62. The second-order valence-corrected chi connectivity index (χ2v) is 8.10. The number of carbonyl (C=O) groups is 1. The third-order valence-corrected chi connectivity index (χ3v) is 5.70. The maximum Gasteiger partial charge on any atom is 0.416 e. The van der Waals surface area contributed by atoms with Gasteiger partial charge >= 0.3 is 6.18 Å². The average molecular weight is 456 g/mol. The van der Waals surface area contributed by atoms with Crippen molar-refractivity contribution >= 4 is 11.6 Å². The summed E-state index contributed by atoms with van der Waals surface area (Å²) in [6, 6.07) is 15.8. The molecule has 2 aromatic carbocycles. The van der Waals surface area contributed by atoms with Crippen LogP contribution in [0, 0.1) is 12.8 Å². The number of halogens is 3. The van der Waals surface area contributed by atoms with Gasteiger partial charge in [-0.3, -0.25) is 9.59 Å². The van der Waals surface area contributed by atoms with Crippen LogP contribution in [0.2, 0.25) is 0 Å². The highest BCUT2D eigenvalue weighted by Crippen LogP contribution is 2.30. The summed E-state index contributed by atoms with van der Waals surface area (Å²) in [5.41, 5.74) is -0.206. The highest BCUT2D eigenvalue weighted by molar-refractivity contribution is 5.92. The first-order chi connectivity index (χ1) is 15.7. The van der Waals surface area contributed by atoms with E-state index >= 15 is 0 Å². The summed E-state index contributed by atoms with van der Waals surface area (Å²) in [5, 5.41) is 6.85. The number of rotatable bonds is 5. The van der Waals surface area contributed by atoms with Crippen LogP contribution in [0.1, 0.15) is 28.2 Å². The van der Waals surface area contributed by atoms with Crippen molar-refractivity contribution in [3.63, 3.8) is 0 Å². The van der Waals surface area contributed by atoms with Gasteiger partial charge in [0.15, 0.2) is 5.69 Å². The number of nitrogens with one attached hydrogen (secondary N) is 1. The van der Waals surface area contributed by atoms with Crippen molar-refractivity contribution in [2.45, 2.75) is 19.5 Å². The molecule has 6 nitrogen and oxygen atoms in total. The molecule has 172 valence electrons. The minimum absolute atomic E-state index is 0.116. The van der Waals surface area contributed by atoms with E-state index in [-0.39, 0.29) is 17.3 Å². The first-order valence-corrected chi connectivity index (χ1v) is 10.6. The fourth-order valence-electron chi connectivity index (χ4n) is 3.97. The Bertz CT molecular complexity index is 1210. The number of hydrogen-bond acceptors (Lipinski definition) is 4. The number of nitrogens with zero attached hydrogens (tertiary/aromatic N) is 3. The smallest absolute Gasteiger partial charge is 0.371 e. The second-order valence-electron chi connectivity index (χ2n) is 8.10. The Morgan fingerprint density at radius 1 is 1.09 bits per heavy atom. The van der Waals surface area contributed by atoms with Crippen LogP contribution in [0.25, 0.3) is 5.69 Å². The number of anilines is 1. The van der Waals surface area contributed by atoms with Crippen molar-refractivity contribution in [3.05, 3.63) is 87.8 Å². The van der Waals surface area contributed by atoms with Crippen LogP contribution in [-0.2, 0) is 6.18 Å². The van der Waals surface area contributed by atoms with E-state index in [4.69, 9.17) is 0 Å². The zero-order chi connectivity index (χ0) is 23.6. The normalized spacial score (nSPS) is 16.1. The molecule has 0 spiro atoms. The van der Waals surface area contributed by atoms with Gasteiger partial charge in [-0.25, -0.2) is 4.68 Å². The highest BCUT2D eigenvalue weighted by Gasteiger charge is 2.31. The minimum atomic E-state index is -4.52. The highest BCUT2D eigenvalue weighted by atomic mass is 19.4. The molecule has 1 aliphatic heterocycles. The van der Waals surface area contributed by atoms with Crippen LogP contribution in [0.5, 0.6) is 0 Å². The molecule has 1 aliphatic rings. The molecule has 3 aromatic rings. The monoisotopic (exact) mass is 456 g/mol. The van der Waals surface area contributed by atoms with Crippen LogP contribution < -0.4 is 15.6 Å². The van der Waals surface area contributed by atoms with Gasteiger partial charge in [-0.1, -0.05) is 24.3 Å². The lowest BCUT2D eigenvalue weighted by Gasteiger charge is -2.18. The van der Waals surface area contributed by atoms with Crippen molar-refractivity contribution in [2.24, 2.45) is 5.92 Å². The topological polar surface area (TPSA) is 67.2 Å². The number of aromatic nitrogens is 2. The standard InChI is InChI=1S/C24H23F3N4O2/c1-16-12-21(32)22(29-31(16)20-9-5-6-18(13-20)24(25,26)27)23(33)28-14-17-10-11-30(15-17)19-7-3-2-4-8-19/h2-9,12-13,17H,10-11,14-15H2,1H3,(H,28,33). The number of amides is 1. The van der Waals surface area contributed by atoms with Crippen molar-refractivity contribution in [3.8, 4) is 5.69 Å². The number of benzene rings is 2. The van der Waals surface area contributed by atoms with Gasteiger partial charge in [0.25, 0.3) is 5.91 Å². The molecule has 1 fully saturated rings. The maximum absolute atomic E-state index is 13.1. The van der Waals surface area contributed by atoms with E-state index in [1.807, 2.05) is 30.3 Å². The third kappa shape index (κ3) is 5.08. The van der Waals surface area contributed by atoms with Gasteiger partial charge in [0.1, 0.15) is 0 Å². The quantitative estimate of drug-likeness (QED) is 0.634. The number of alkyl halides is 3. The molecule has 1 amide bonds. The average Bonchev–Trinajstić information content (AvgIpc) is 3.27. The third-order valence-electron chi connectivity index (χ3n) is 5.70. The molecular formula is C24H23F3N4O2. The molecule has 1 unspecified atom stereocenters. The van der Waals surface area contributed by atoms with Gasteiger partial charge in [-0.15, -0.1) is 0 Å². The van der Waals surface area contributed by atoms with Crippen LogP contribution >= 0.6 is 0 Å². The molecule has 1 atom stereocenters. The summed E-state index contributed by atoms with van der Waals surface area (Å²) < 4.78 is 40.5. The summed E-state index contributed by atoms with van der Waals surface area (Å²) >= 11 is 0. The van der Waals surface area contributed by atoms with E-state index in [1.165, 1.54) is 22.9 Å². The molecule has 0 bridgehead atoms. The second kappa shape index (κ2) is 9.09. The van der Waals surface area contributed by atoms with Crippen molar-refractivity contribution in [1.29, 1.82) is 0 Å². The molecular weight excluding hydrogens is 433 g/mol. The van der Waals surface area contributed by atoms with Crippen LogP contribution in [0.3, 0.4) is 0 Å². The Balaban J connectivity index is 1.48. The predicted molar refractivity (Wildman–Crippen MR) is 119 cm³/mol. The number of aryl methyl sites for hydroxylation is 1. The molecule has 0 aliphatic carbocycles. The number of hydrogen-bond donors (Lipinski definition) is 1. The van der Waals surface area contributed by atoms with Gasteiger partial charge in [0.2, 0.25) is 5.43 Å². The summed E-state index contributed by atoms with van der Waals surface area (Å²) in [4.78, 5) is 27.4. The predicted octanol–water partition coefficient (Wildman–Crippen LogP) is 3.82. The van der Waals surface area contributed by atoms with E-state index in [1.54, 1.807) is 6.92 Å². The van der Waals surface area contributed by atoms with Gasteiger partial charge in [0.05, 0.1) is 11.3 Å². The molecule has 4 rings (SSSR count). The molecule has 0 saturated carbocycles. The Morgan fingerprint density at radius 3 is 2.55 bits per heavy atom. The first kappa shape index (κ1) is 22.6. The summed E-state index contributed by atoms with van der Waals surface area (Å²) in [7, 11) is 0. The van der Waals surface area contributed by atoms with Crippen molar-refractivity contribution < 1.29 is 18.0 Å². The van der Waals surface area contributed by atoms with Gasteiger partial charge in [0, 0.05) is 37.1 Å². The molecule has 0 radical (unpaired) electrons. The molecule has 1 aromatic heterocycles.